The Bertz CT molecular complexity index is 111. The number of aliphatic hydroxyl groups excluding tert-OH is 1. The zero-order chi connectivity index (χ0) is 10.1. The molecule has 0 aliphatic rings. The first-order valence-electron chi connectivity index (χ1n) is 5.11. The highest BCUT2D eigenvalue weighted by Gasteiger charge is 2.07. The van der Waals surface area contributed by atoms with Crippen molar-refractivity contribution in [3.05, 3.63) is 0 Å². The fourth-order valence-electron chi connectivity index (χ4n) is 1.16. The van der Waals surface area contributed by atoms with Crippen LogP contribution in [0, 0.1) is 0 Å². The molecule has 0 rings (SSSR count). The largest absolute Gasteiger partial charge is 0.396 e. The third-order valence-corrected chi connectivity index (χ3v) is 3.24. The third kappa shape index (κ3) is 7.35. The minimum atomic E-state index is 0.306. The molecule has 1 atom stereocenters. The Labute approximate surface area is 86.7 Å². The van der Waals surface area contributed by atoms with E-state index in [1.807, 2.05) is 11.8 Å². The lowest BCUT2D eigenvalue weighted by atomic mass is 10.2. The van der Waals surface area contributed by atoms with Crippen molar-refractivity contribution in [3.63, 3.8) is 0 Å². The van der Waals surface area contributed by atoms with Gasteiger partial charge in [0, 0.05) is 19.2 Å². The van der Waals surface area contributed by atoms with Crippen LogP contribution in [-0.2, 0) is 0 Å². The average Bonchev–Trinajstić information content (AvgIpc) is 2.14. The molecule has 0 spiro atoms. The van der Waals surface area contributed by atoms with Crippen LogP contribution in [0.25, 0.3) is 0 Å². The minimum absolute atomic E-state index is 0.306. The van der Waals surface area contributed by atoms with E-state index in [0.29, 0.717) is 12.6 Å². The van der Waals surface area contributed by atoms with Gasteiger partial charge in [-0.15, -0.1) is 0 Å². The van der Waals surface area contributed by atoms with E-state index >= 15 is 0 Å². The van der Waals surface area contributed by atoms with Crippen LogP contribution < -0.4 is 0 Å². The lowest BCUT2D eigenvalue weighted by Gasteiger charge is -2.24. The standard InChI is InChI=1S/C10H23NOS/c1-4-13-9-6-10(2)11(3)7-5-8-12/h10,12H,4-9H2,1-3H3. The van der Waals surface area contributed by atoms with E-state index in [0.717, 1.165) is 13.0 Å². The summed E-state index contributed by atoms with van der Waals surface area (Å²) in [6.07, 6.45) is 2.14. The van der Waals surface area contributed by atoms with Gasteiger partial charge in [-0.1, -0.05) is 6.92 Å². The number of rotatable bonds is 8. The summed E-state index contributed by atoms with van der Waals surface area (Å²) < 4.78 is 0. The SMILES string of the molecule is CCSCCC(C)N(C)CCCO. The lowest BCUT2D eigenvalue weighted by Crippen LogP contribution is -2.30. The Balaban J connectivity index is 3.38. The maximum Gasteiger partial charge on any atom is 0.0443 e. The van der Waals surface area contributed by atoms with E-state index in [4.69, 9.17) is 5.11 Å². The van der Waals surface area contributed by atoms with E-state index in [1.165, 1.54) is 17.9 Å². The predicted molar refractivity (Wildman–Crippen MR) is 61.4 cm³/mol. The summed E-state index contributed by atoms with van der Waals surface area (Å²) in [5, 5.41) is 8.68. The predicted octanol–water partition coefficient (Wildman–Crippen LogP) is 1.83. The summed E-state index contributed by atoms with van der Waals surface area (Å²) in [5.41, 5.74) is 0. The van der Waals surface area contributed by atoms with Crippen molar-refractivity contribution in [1.29, 1.82) is 0 Å². The first-order valence-corrected chi connectivity index (χ1v) is 6.26. The summed E-state index contributed by atoms with van der Waals surface area (Å²) >= 11 is 2.00. The first kappa shape index (κ1) is 13.3. The Morgan fingerprint density at radius 3 is 2.69 bits per heavy atom. The molecule has 0 aliphatic carbocycles. The van der Waals surface area contributed by atoms with Crippen LogP contribution in [0.3, 0.4) is 0 Å². The fourth-order valence-corrected chi connectivity index (χ4v) is 1.96. The van der Waals surface area contributed by atoms with E-state index < -0.39 is 0 Å². The van der Waals surface area contributed by atoms with Crippen LogP contribution >= 0.6 is 11.8 Å². The van der Waals surface area contributed by atoms with Crippen molar-refractivity contribution in [3.8, 4) is 0 Å². The highest BCUT2D eigenvalue weighted by Crippen LogP contribution is 2.08. The van der Waals surface area contributed by atoms with Gasteiger partial charge in [-0.25, -0.2) is 0 Å². The van der Waals surface area contributed by atoms with E-state index in [1.54, 1.807) is 0 Å². The molecule has 1 N–H and O–H groups in total. The summed E-state index contributed by atoms with van der Waals surface area (Å²) in [5.74, 6) is 2.47. The summed E-state index contributed by atoms with van der Waals surface area (Å²) in [6.45, 7) is 5.77. The Morgan fingerprint density at radius 2 is 2.15 bits per heavy atom. The second kappa shape index (κ2) is 8.85. The molecule has 0 heterocycles. The van der Waals surface area contributed by atoms with E-state index in [9.17, 15) is 0 Å². The highest BCUT2D eigenvalue weighted by molar-refractivity contribution is 7.99. The number of aliphatic hydroxyl groups is 1. The molecule has 0 aliphatic heterocycles. The molecule has 0 aromatic carbocycles. The van der Waals surface area contributed by atoms with Crippen molar-refractivity contribution in [1.82, 2.24) is 4.90 Å². The van der Waals surface area contributed by atoms with E-state index in [-0.39, 0.29) is 0 Å². The summed E-state index contributed by atoms with van der Waals surface area (Å²) in [4.78, 5) is 2.33. The Hall–Kier alpha value is 0.270. The molecule has 13 heavy (non-hydrogen) atoms. The van der Waals surface area contributed by atoms with Gasteiger partial charge in [-0.3, -0.25) is 0 Å². The monoisotopic (exact) mass is 205 g/mol. The molecule has 0 aromatic heterocycles. The maximum atomic E-state index is 8.68. The lowest BCUT2D eigenvalue weighted by molar-refractivity contribution is 0.213. The zero-order valence-corrected chi connectivity index (χ0v) is 9.94. The molecule has 1 unspecified atom stereocenters. The molecule has 0 aromatic rings. The van der Waals surface area contributed by atoms with Gasteiger partial charge in [-0.2, -0.15) is 11.8 Å². The van der Waals surface area contributed by atoms with Gasteiger partial charge in [0.05, 0.1) is 0 Å². The van der Waals surface area contributed by atoms with Crippen LogP contribution in [0.4, 0.5) is 0 Å². The molecule has 0 bridgehead atoms. The number of nitrogens with zero attached hydrogens (tertiary/aromatic N) is 1. The number of hydrogen-bond acceptors (Lipinski definition) is 3. The summed E-state index contributed by atoms with van der Waals surface area (Å²) in [7, 11) is 2.14. The maximum absolute atomic E-state index is 8.68. The molecule has 0 fully saturated rings. The minimum Gasteiger partial charge on any atom is -0.396 e. The fraction of sp³-hybridized carbons (Fsp3) is 1.00. The van der Waals surface area contributed by atoms with Gasteiger partial charge in [0.15, 0.2) is 0 Å². The van der Waals surface area contributed by atoms with Gasteiger partial charge >= 0.3 is 0 Å². The topological polar surface area (TPSA) is 23.5 Å². The molecule has 0 amide bonds. The number of hydrogen-bond donors (Lipinski definition) is 1. The molecule has 80 valence electrons. The quantitative estimate of drug-likeness (QED) is 0.612. The Morgan fingerprint density at radius 1 is 1.46 bits per heavy atom. The van der Waals surface area contributed by atoms with E-state index in [2.05, 4.69) is 25.8 Å². The van der Waals surface area contributed by atoms with Crippen LogP contribution in [0.15, 0.2) is 0 Å². The van der Waals surface area contributed by atoms with Gasteiger partial charge in [0.25, 0.3) is 0 Å². The normalized spacial score (nSPS) is 13.6. The van der Waals surface area contributed by atoms with Crippen LogP contribution in [0.2, 0.25) is 0 Å². The highest BCUT2D eigenvalue weighted by atomic mass is 32.2. The molecule has 0 radical (unpaired) electrons. The van der Waals surface area contributed by atoms with Crippen molar-refractivity contribution >= 4 is 11.8 Å². The first-order chi connectivity index (χ1) is 6.22. The second-order valence-electron chi connectivity index (χ2n) is 3.39. The molecule has 3 heteroatoms. The van der Waals surface area contributed by atoms with Crippen LogP contribution in [0.5, 0.6) is 0 Å². The molecular formula is C10H23NOS. The summed E-state index contributed by atoms with van der Waals surface area (Å²) in [6, 6.07) is 0.644. The van der Waals surface area contributed by atoms with Crippen molar-refractivity contribution < 1.29 is 5.11 Å². The smallest absolute Gasteiger partial charge is 0.0443 e. The van der Waals surface area contributed by atoms with Crippen LogP contribution in [0.1, 0.15) is 26.7 Å². The van der Waals surface area contributed by atoms with Crippen molar-refractivity contribution in [2.45, 2.75) is 32.7 Å². The molecule has 2 nitrogen and oxygen atoms in total. The van der Waals surface area contributed by atoms with Gasteiger partial charge < -0.3 is 10.0 Å². The zero-order valence-electron chi connectivity index (χ0n) is 9.12. The second-order valence-corrected chi connectivity index (χ2v) is 4.79. The molecular weight excluding hydrogens is 182 g/mol. The third-order valence-electron chi connectivity index (χ3n) is 2.31. The molecule has 0 saturated heterocycles. The molecule has 0 saturated carbocycles. The van der Waals surface area contributed by atoms with Gasteiger partial charge in [-0.05, 0) is 38.3 Å². The van der Waals surface area contributed by atoms with Gasteiger partial charge in [0.1, 0.15) is 0 Å². The average molecular weight is 205 g/mol. The van der Waals surface area contributed by atoms with Crippen molar-refractivity contribution in [2.75, 3.05) is 31.7 Å². The number of thioether (sulfide) groups is 1. The van der Waals surface area contributed by atoms with Crippen LogP contribution in [-0.4, -0.2) is 47.8 Å². The van der Waals surface area contributed by atoms with Gasteiger partial charge in [0.2, 0.25) is 0 Å². The Kier molecular flexibility index (Phi) is 9.03. The van der Waals surface area contributed by atoms with Crippen molar-refractivity contribution in [2.24, 2.45) is 0 Å².